The molecule has 1 unspecified atom stereocenters. The van der Waals surface area contributed by atoms with E-state index in [1.807, 2.05) is 11.8 Å². The molecule has 1 saturated heterocycles. The normalized spacial score (nSPS) is 17.5. The number of nitrogens with zero attached hydrogens (tertiary/aromatic N) is 1. The highest BCUT2D eigenvalue weighted by Gasteiger charge is 2.26. The Morgan fingerprint density at radius 1 is 1.27 bits per heavy atom. The van der Waals surface area contributed by atoms with Crippen LogP contribution in [0.2, 0.25) is 0 Å². The monoisotopic (exact) mass is 305 g/mol. The summed E-state index contributed by atoms with van der Waals surface area (Å²) in [5.41, 5.74) is 0.670. The first-order chi connectivity index (χ1) is 10.6. The molecular weight excluding hydrogens is 282 g/mol. The molecule has 0 spiro atoms. The van der Waals surface area contributed by atoms with Crippen molar-refractivity contribution < 1.29 is 19.1 Å². The van der Waals surface area contributed by atoms with Gasteiger partial charge in [0.1, 0.15) is 5.75 Å². The Balaban J connectivity index is 1.80. The van der Waals surface area contributed by atoms with E-state index in [0.717, 1.165) is 19.5 Å². The minimum Gasteiger partial charge on any atom is -0.484 e. The fourth-order valence-corrected chi connectivity index (χ4v) is 2.61. The average molecular weight is 305 g/mol. The molecule has 5 nitrogen and oxygen atoms in total. The SMILES string of the molecule is CCC(=O)c1ccc(OCC(=O)N2CCC(COC)C2)cc1. The van der Waals surface area contributed by atoms with Crippen LogP contribution in [0.3, 0.4) is 0 Å². The zero-order chi connectivity index (χ0) is 15.9. The lowest BCUT2D eigenvalue weighted by Gasteiger charge is -2.16. The molecule has 0 saturated carbocycles. The number of carbonyl (C=O) groups excluding carboxylic acids is 2. The highest BCUT2D eigenvalue weighted by Crippen LogP contribution is 2.17. The number of Topliss-reactive ketones (excluding diaryl/α,β-unsaturated/α-hetero) is 1. The number of carbonyl (C=O) groups is 2. The summed E-state index contributed by atoms with van der Waals surface area (Å²) in [6.07, 6.45) is 1.46. The smallest absolute Gasteiger partial charge is 0.260 e. The number of ketones is 1. The van der Waals surface area contributed by atoms with Crippen LogP contribution >= 0.6 is 0 Å². The first kappa shape index (κ1) is 16.5. The molecule has 1 aliphatic heterocycles. The van der Waals surface area contributed by atoms with Crippen LogP contribution in [0.4, 0.5) is 0 Å². The molecule has 1 fully saturated rings. The van der Waals surface area contributed by atoms with Gasteiger partial charge in [-0.05, 0) is 30.7 Å². The zero-order valence-electron chi connectivity index (χ0n) is 13.2. The number of hydrogen-bond acceptors (Lipinski definition) is 4. The van der Waals surface area contributed by atoms with Gasteiger partial charge in [0, 0.05) is 38.1 Å². The second kappa shape index (κ2) is 7.94. The van der Waals surface area contributed by atoms with Gasteiger partial charge in [-0.15, -0.1) is 0 Å². The summed E-state index contributed by atoms with van der Waals surface area (Å²) in [7, 11) is 1.68. The van der Waals surface area contributed by atoms with Crippen molar-refractivity contribution in [2.24, 2.45) is 5.92 Å². The summed E-state index contributed by atoms with van der Waals surface area (Å²) < 4.78 is 10.6. The highest BCUT2D eigenvalue weighted by molar-refractivity contribution is 5.95. The van der Waals surface area contributed by atoms with Gasteiger partial charge in [0.2, 0.25) is 0 Å². The molecule has 0 N–H and O–H groups in total. The topological polar surface area (TPSA) is 55.8 Å². The van der Waals surface area contributed by atoms with Gasteiger partial charge in [0.25, 0.3) is 5.91 Å². The van der Waals surface area contributed by atoms with E-state index in [1.54, 1.807) is 31.4 Å². The van der Waals surface area contributed by atoms with Crippen LogP contribution in [-0.4, -0.2) is 50.0 Å². The van der Waals surface area contributed by atoms with E-state index in [1.165, 1.54) is 0 Å². The predicted octanol–water partition coefficient (Wildman–Crippen LogP) is 2.15. The van der Waals surface area contributed by atoms with E-state index in [9.17, 15) is 9.59 Å². The van der Waals surface area contributed by atoms with E-state index in [2.05, 4.69) is 0 Å². The van der Waals surface area contributed by atoms with Crippen molar-refractivity contribution in [1.82, 2.24) is 4.90 Å². The van der Waals surface area contributed by atoms with Crippen molar-refractivity contribution in [1.29, 1.82) is 0 Å². The van der Waals surface area contributed by atoms with Crippen molar-refractivity contribution in [2.45, 2.75) is 19.8 Å². The van der Waals surface area contributed by atoms with Crippen molar-refractivity contribution in [3.8, 4) is 5.75 Å². The van der Waals surface area contributed by atoms with Crippen LogP contribution in [0.1, 0.15) is 30.1 Å². The molecule has 1 heterocycles. The molecule has 0 bridgehead atoms. The van der Waals surface area contributed by atoms with Gasteiger partial charge in [0.05, 0.1) is 6.61 Å². The van der Waals surface area contributed by atoms with Crippen LogP contribution in [-0.2, 0) is 9.53 Å². The maximum Gasteiger partial charge on any atom is 0.260 e. The van der Waals surface area contributed by atoms with Crippen molar-refractivity contribution >= 4 is 11.7 Å². The lowest BCUT2D eigenvalue weighted by molar-refractivity contribution is -0.132. The van der Waals surface area contributed by atoms with Crippen LogP contribution in [0.15, 0.2) is 24.3 Å². The van der Waals surface area contributed by atoms with Crippen molar-refractivity contribution in [2.75, 3.05) is 33.4 Å². The van der Waals surface area contributed by atoms with Crippen LogP contribution in [0.5, 0.6) is 5.75 Å². The Hall–Kier alpha value is -1.88. The molecule has 1 aromatic carbocycles. The highest BCUT2D eigenvalue weighted by atomic mass is 16.5. The molecule has 2 rings (SSSR count). The minimum atomic E-state index is -0.00712. The summed E-state index contributed by atoms with van der Waals surface area (Å²) in [4.78, 5) is 25.5. The van der Waals surface area contributed by atoms with E-state index in [-0.39, 0.29) is 18.3 Å². The molecule has 0 aromatic heterocycles. The molecular formula is C17H23NO4. The fourth-order valence-electron chi connectivity index (χ4n) is 2.61. The Kier molecular flexibility index (Phi) is 5.95. The van der Waals surface area contributed by atoms with Gasteiger partial charge >= 0.3 is 0 Å². The first-order valence-corrected chi connectivity index (χ1v) is 7.66. The summed E-state index contributed by atoms with van der Waals surface area (Å²) in [5.74, 6) is 1.12. The summed E-state index contributed by atoms with van der Waals surface area (Å²) in [5, 5.41) is 0. The van der Waals surface area contributed by atoms with Crippen LogP contribution in [0.25, 0.3) is 0 Å². The van der Waals surface area contributed by atoms with Crippen molar-refractivity contribution in [3.63, 3.8) is 0 Å². The quantitative estimate of drug-likeness (QED) is 0.724. The maximum atomic E-state index is 12.1. The molecule has 1 amide bonds. The lowest BCUT2D eigenvalue weighted by Crippen LogP contribution is -2.33. The number of likely N-dealkylation sites (tertiary alicyclic amines) is 1. The van der Waals surface area contributed by atoms with E-state index < -0.39 is 0 Å². The van der Waals surface area contributed by atoms with Gasteiger partial charge in [-0.25, -0.2) is 0 Å². The Morgan fingerprint density at radius 3 is 2.64 bits per heavy atom. The number of hydrogen-bond donors (Lipinski definition) is 0. The number of methoxy groups -OCH3 is 1. The second-order valence-electron chi connectivity index (χ2n) is 5.54. The summed E-state index contributed by atoms with van der Waals surface area (Å²) in [6, 6.07) is 6.92. The second-order valence-corrected chi connectivity index (χ2v) is 5.54. The lowest BCUT2D eigenvalue weighted by atomic mass is 10.1. The Bertz CT molecular complexity index is 512. The van der Waals surface area contributed by atoms with Gasteiger partial charge in [-0.3, -0.25) is 9.59 Å². The first-order valence-electron chi connectivity index (χ1n) is 7.66. The van der Waals surface area contributed by atoms with Crippen LogP contribution in [0, 0.1) is 5.92 Å². The molecule has 1 atom stereocenters. The minimum absolute atomic E-state index is 0.00712. The summed E-state index contributed by atoms with van der Waals surface area (Å²) >= 11 is 0. The Labute approximate surface area is 131 Å². The number of amides is 1. The maximum absolute atomic E-state index is 12.1. The Morgan fingerprint density at radius 2 is 2.00 bits per heavy atom. The van der Waals surface area contributed by atoms with Crippen LogP contribution < -0.4 is 4.74 Å². The third-order valence-electron chi connectivity index (χ3n) is 3.90. The number of rotatable bonds is 7. The third-order valence-corrected chi connectivity index (χ3v) is 3.90. The van der Waals surface area contributed by atoms with Gasteiger partial charge in [-0.1, -0.05) is 6.92 Å². The molecule has 22 heavy (non-hydrogen) atoms. The molecule has 1 aliphatic rings. The predicted molar refractivity (Wildman–Crippen MR) is 83.1 cm³/mol. The average Bonchev–Trinajstić information content (AvgIpc) is 3.01. The zero-order valence-corrected chi connectivity index (χ0v) is 13.2. The fraction of sp³-hybridized carbons (Fsp3) is 0.529. The van der Waals surface area contributed by atoms with Gasteiger partial charge < -0.3 is 14.4 Å². The standard InChI is InChI=1S/C17H23NO4/c1-3-16(19)14-4-6-15(7-5-14)22-12-17(20)18-9-8-13(10-18)11-21-2/h4-7,13H,3,8-12H2,1-2H3. The van der Waals surface area contributed by atoms with Gasteiger partial charge in [-0.2, -0.15) is 0 Å². The van der Waals surface area contributed by atoms with E-state index in [4.69, 9.17) is 9.47 Å². The van der Waals surface area contributed by atoms with Crippen molar-refractivity contribution in [3.05, 3.63) is 29.8 Å². The molecule has 120 valence electrons. The number of ether oxygens (including phenoxy) is 2. The largest absolute Gasteiger partial charge is 0.484 e. The molecule has 0 radical (unpaired) electrons. The molecule has 1 aromatic rings. The third kappa shape index (κ3) is 4.31. The number of benzene rings is 1. The van der Waals surface area contributed by atoms with Gasteiger partial charge in [0.15, 0.2) is 12.4 Å². The van der Waals surface area contributed by atoms with E-state index in [0.29, 0.717) is 30.3 Å². The van der Waals surface area contributed by atoms with E-state index >= 15 is 0 Å². The summed E-state index contributed by atoms with van der Waals surface area (Å²) in [6.45, 7) is 4.05. The molecule has 5 heteroatoms. The molecule has 0 aliphatic carbocycles.